The van der Waals surface area contributed by atoms with Crippen molar-refractivity contribution >= 4 is 11.8 Å². The Morgan fingerprint density at radius 3 is 2.23 bits per heavy atom. The van der Waals surface area contributed by atoms with Crippen LogP contribution in [0.5, 0.6) is 0 Å². The second-order valence-corrected chi connectivity index (χ2v) is 8.79. The quantitative estimate of drug-likeness (QED) is 0.809. The number of methoxy groups -OCH3 is 1. The van der Waals surface area contributed by atoms with Crippen molar-refractivity contribution in [3.63, 3.8) is 0 Å². The molecule has 4 fully saturated rings. The van der Waals surface area contributed by atoms with Gasteiger partial charge in [-0.1, -0.05) is 13.8 Å². The standard InChI is InChI=1S/C17H28N2O3/c1-15-4-11-5-16(2,8-15)10-17(6-11,9-15)14(21)19-12(7-22-3)13(18)20/h11-12H,4-10H2,1-3H3,(H2,18,20)(H,19,21)/t11?,12-,15-,16+,17?/m1/s1. The molecule has 4 aliphatic rings. The van der Waals surface area contributed by atoms with Gasteiger partial charge in [0, 0.05) is 7.11 Å². The third-order valence-electron chi connectivity index (χ3n) is 6.09. The molecule has 5 nitrogen and oxygen atoms in total. The zero-order valence-corrected chi connectivity index (χ0v) is 13.9. The summed E-state index contributed by atoms with van der Waals surface area (Å²) in [4.78, 5) is 24.5. The summed E-state index contributed by atoms with van der Waals surface area (Å²) in [6, 6.07) is -0.730. The summed E-state index contributed by atoms with van der Waals surface area (Å²) in [5.74, 6) is 0.124. The van der Waals surface area contributed by atoms with Crippen molar-refractivity contribution in [3.8, 4) is 0 Å². The van der Waals surface area contributed by atoms with Gasteiger partial charge in [-0.25, -0.2) is 0 Å². The van der Waals surface area contributed by atoms with E-state index in [4.69, 9.17) is 10.5 Å². The smallest absolute Gasteiger partial charge is 0.242 e. The van der Waals surface area contributed by atoms with E-state index in [1.54, 1.807) is 0 Å². The van der Waals surface area contributed by atoms with Gasteiger partial charge in [-0.15, -0.1) is 0 Å². The molecule has 5 atom stereocenters. The van der Waals surface area contributed by atoms with Crippen molar-refractivity contribution in [1.82, 2.24) is 5.32 Å². The molecule has 0 radical (unpaired) electrons. The molecule has 4 rings (SSSR count). The molecule has 2 unspecified atom stereocenters. The second kappa shape index (κ2) is 4.95. The van der Waals surface area contributed by atoms with E-state index in [0.717, 1.165) is 19.3 Å². The number of nitrogens with two attached hydrogens (primary N) is 1. The van der Waals surface area contributed by atoms with Gasteiger partial charge in [0.2, 0.25) is 11.8 Å². The molecule has 124 valence electrons. The van der Waals surface area contributed by atoms with Crippen LogP contribution in [-0.4, -0.2) is 31.6 Å². The third-order valence-corrected chi connectivity index (χ3v) is 6.09. The molecule has 0 aromatic carbocycles. The Kier molecular flexibility index (Phi) is 3.55. The Balaban J connectivity index is 1.81. The first kappa shape index (κ1) is 15.8. The van der Waals surface area contributed by atoms with Crippen LogP contribution in [-0.2, 0) is 14.3 Å². The predicted octanol–water partition coefficient (Wildman–Crippen LogP) is 1.60. The zero-order chi connectivity index (χ0) is 16.2. The molecule has 22 heavy (non-hydrogen) atoms. The third kappa shape index (κ3) is 2.53. The van der Waals surface area contributed by atoms with Crippen molar-refractivity contribution in [1.29, 1.82) is 0 Å². The number of amides is 2. The summed E-state index contributed by atoms with van der Waals surface area (Å²) in [5, 5.41) is 2.87. The van der Waals surface area contributed by atoms with Crippen molar-refractivity contribution in [2.75, 3.05) is 13.7 Å². The molecular weight excluding hydrogens is 280 g/mol. The lowest BCUT2D eigenvalue weighted by Crippen LogP contribution is -2.62. The average Bonchev–Trinajstić information content (AvgIpc) is 2.33. The molecule has 3 N–H and O–H groups in total. The first-order valence-corrected chi connectivity index (χ1v) is 8.29. The summed E-state index contributed by atoms with van der Waals surface area (Å²) in [5.41, 5.74) is 5.61. The Bertz CT molecular complexity index is 486. The molecule has 4 saturated carbocycles. The topological polar surface area (TPSA) is 81.4 Å². The fourth-order valence-corrected chi connectivity index (χ4v) is 6.37. The van der Waals surface area contributed by atoms with Gasteiger partial charge in [0.25, 0.3) is 0 Å². The number of carbonyl (C=O) groups is 2. The highest BCUT2D eigenvalue weighted by Gasteiger charge is 2.62. The average molecular weight is 308 g/mol. The maximum atomic E-state index is 13.0. The SMILES string of the molecule is COC[C@@H](NC(=O)C12CC3C[C@@](C)(C1)C[C@](C)(C3)C2)C(N)=O. The van der Waals surface area contributed by atoms with Crippen molar-refractivity contribution < 1.29 is 14.3 Å². The number of rotatable bonds is 5. The largest absolute Gasteiger partial charge is 0.382 e. The molecule has 0 heterocycles. The number of hydrogen-bond acceptors (Lipinski definition) is 3. The Labute approximate surface area is 132 Å². The summed E-state index contributed by atoms with van der Waals surface area (Å²) >= 11 is 0. The number of carbonyl (C=O) groups excluding carboxylic acids is 2. The highest BCUT2D eigenvalue weighted by molar-refractivity contribution is 5.89. The molecule has 4 aliphatic carbocycles. The minimum atomic E-state index is -0.730. The normalized spacial score (nSPS) is 43.9. The number of nitrogens with one attached hydrogen (secondary N) is 1. The molecule has 0 aliphatic heterocycles. The molecule has 4 bridgehead atoms. The van der Waals surface area contributed by atoms with Gasteiger partial charge in [0.05, 0.1) is 12.0 Å². The zero-order valence-electron chi connectivity index (χ0n) is 13.9. The van der Waals surface area contributed by atoms with Crippen molar-refractivity contribution in [2.45, 2.75) is 58.4 Å². The van der Waals surface area contributed by atoms with Crippen LogP contribution in [0.2, 0.25) is 0 Å². The van der Waals surface area contributed by atoms with Gasteiger partial charge in [0.15, 0.2) is 0 Å². The Morgan fingerprint density at radius 2 is 1.77 bits per heavy atom. The van der Waals surface area contributed by atoms with Crippen LogP contribution in [0.25, 0.3) is 0 Å². The van der Waals surface area contributed by atoms with E-state index in [0.29, 0.717) is 5.92 Å². The number of ether oxygens (including phenoxy) is 1. The van der Waals surface area contributed by atoms with Gasteiger partial charge in [0.1, 0.15) is 6.04 Å². The summed E-state index contributed by atoms with van der Waals surface area (Å²) in [6.07, 6.45) is 6.56. The van der Waals surface area contributed by atoms with Crippen molar-refractivity contribution in [3.05, 3.63) is 0 Å². The van der Waals surface area contributed by atoms with Gasteiger partial charge in [-0.05, 0) is 55.3 Å². The fourth-order valence-electron chi connectivity index (χ4n) is 6.37. The van der Waals surface area contributed by atoms with E-state index in [2.05, 4.69) is 19.2 Å². The first-order valence-electron chi connectivity index (χ1n) is 8.29. The van der Waals surface area contributed by atoms with Crippen LogP contribution in [0.15, 0.2) is 0 Å². The lowest BCUT2D eigenvalue weighted by atomic mass is 9.40. The van der Waals surface area contributed by atoms with Crippen LogP contribution in [0.3, 0.4) is 0 Å². The molecule has 0 aromatic heterocycles. The molecular formula is C17H28N2O3. The molecule has 5 heteroatoms. The van der Waals surface area contributed by atoms with Crippen LogP contribution in [0, 0.1) is 22.2 Å². The summed E-state index contributed by atoms with van der Waals surface area (Å²) in [6.45, 7) is 4.80. The van der Waals surface area contributed by atoms with Crippen LogP contribution >= 0.6 is 0 Å². The van der Waals surface area contributed by atoms with E-state index in [1.807, 2.05) is 0 Å². The van der Waals surface area contributed by atoms with Gasteiger partial charge >= 0.3 is 0 Å². The van der Waals surface area contributed by atoms with E-state index in [-0.39, 0.29) is 28.8 Å². The summed E-state index contributed by atoms with van der Waals surface area (Å²) < 4.78 is 5.01. The first-order chi connectivity index (χ1) is 10.2. The highest BCUT2D eigenvalue weighted by atomic mass is 16.5. The van der Waals surface area contributed by atoms with Gasteiger partial charge in [-0.3, -0.25) is 9.59 Å². The van der Waals surface area contributed by atoms with E-state index < -0.39 is 11.9 Å². The summed E-state index contributed by atoms with van der Waals surface area (Å²) in [7, 11) is 1.51. The molecule has 0 aromatic rings. The second-order valence-electron chi connectivity index (χ2n) is 8.79. The maximum Gasteiger partial charge on any atom is 0.242 e. The Morgan fingerprint density at radius 1 is 1.18 bits per heavy atom. The maximum absolute atomic E-state index is 13.0. The number of primary amides is 1. The fraction of sp³-hybridized carbons (Fsp3) is 0.882. The van der Waals surface area contributed by atoms with Crippen LogP contribution < -0.4 is 11.1 Å². The van der Waals surface area contributed by atoms with Gasteiger partial charge < -0.3 is 15.8 Å². The molecule has 2 amide bonds. The minimum absolute atomic E-state index is 0.00917. The predicted molar refractivity (Wildman–Crippen MR) is 82.8 cm³/mol. The van der Waals surface area contributed by atoms with E-state index in [9.17, 15) is 9.59 Å². The monoisotopic (exact) mass is 308 g/mol. The Hall–Kier alpha value is -1.10. The van der Waals surface area contributed by atoms with Crippen LogP contribution in [0.1, 0.15) is 52.4 Å². The van der Waals surface area contributed by atoms with E-state index in [1.165, 1.54) is 26.4 Å². The minimum Gasteiger partial charge on any atom is -0.382 e. The van der Waals surface area contributed by atoms with E-state index >= 15 is 0 Å². The molecule has 0 saturated heterocycles. The highest BCUT2D eigenvalue weighted by Crippen LogP contribution is 2.69. The molecule has 0 spiro atoms. The number of hydrogen-bond donors (Lipinski definition) is 2. The lowest BCUT2D eigenvalue weighted by Gasteiger charge is -2.64. The van der Waals surface area contributed by atoms with Crippen LogP contribution in [0.4, 0.5) is 0 Å². The van der Waals surface area contributed by atoms with Gasteiger partial charge in [-0.2, -0.15) is 0 Å². The lowest BCUT2D eigenvalue weighted by molar-refractivity contribution is -0.171. The van der Waals surface area contributed by atoms with Crippen molar-refractivity contribution in [2.24, 2.45) is 27.9 Å².